The molecule has 0 aliphatic heterocycles. The number of aryl methyl sites for hydroxylation is 2. The van der Waals surface area contributed by atoms with Crippen molar-refractivity contribution in [3.63, 3.8) is 0 Å². The summed E-state index contributed by atoms with van der Waals surface area (Å²) in [5.41, 5.74) is 1.43. The van der Waals surface area contributed by atoms with Gasteiger partial charge in [-0.3, -0.25) is 0 Å². The number of hydrogen-bond acceptors (Lipinski definition) is 1. The summed E-state index contributed by atoms with van der Waals surface area (Å²) in [6.07, 6.45) is 1.20. The third-order valence-electron chi connectivity index (χ3n) is 3.21. The highest BCUT2D eigenvalue weighted by Gasteiger charge is 2.15. The Hall–Kier alpha value is -1.55. The zero-order chi connectivity index (χ0) is 14.7. The second-order valence-electron chi connectivity index (χ2n) is 4.48. The van der Waals surface area contributed by atoms with E-state index in [4.69, 9.17) is 0 Å². The van der Waals surface area contributed by atoms with E-state index in [1.54, 1.807) is 12.1 Å². The van der Waals surface area contributed by atoms with E-state index < -0.39 is 10.8 Å². The molecular formula is C16H16F2OS. The molecule has 0 aliphatic rings. The monoisotopic (exact) mass is 294 g/mol. The Morgan fingerprint density at radius 3 is 1.60 bits per heavy atom. The molecule has 2 aromatic rings. The summed E-state index contributed by atoms with van der Waals surface area (Å²) in [5, 5.41) is 0. The van der Waals surface area contributed by atoms with Crippen LogP contribution in [0.15, 0.2) is 46.2 Å². The Morgan fingerprint density at radius 1 is 0.850 bits per heavy atom. The van der Waals surface area contributed by atoms with Gasteiger partial charge in [0.05, 0.1) is 10.8 Å². The number of halogens is 2. The Kier molecular flexibility index (Phi) is 4.65. The van der Waals surface area contributed by atoms with Gasteiger partial charge >= 0.3 is 0 Å². The molecule has 20 heavy (non-hydrogen) atoms. The Balaban J connectivity index is 2.51. The van der Waals surface area contributed by atoms with Crippen LogP contribution in [0.1, 0.15) is 25.0 Å². The SMILES string of the molecule is CCc1cc(F)ccc1S(=O)c1ccc(F)cc1CC. The van der Waals surface area contributed by atoms with Gasteiger partial charge in [0, 0.05) is 9.79 Å². The van der Waals surface area contributed by atoms with E-state index in [2.05, 4.69) is 0 Å². The average Bonchev–Trinajstić information content (AvgIpc) is 2.46. The summed E-state index contributed by atoms with van der Waals surface area (Å²) < 4.78 is 39.2. The van der Waals surface area contributed by atoms with Crippen LogP contribution in [-0.4, -0.2) is 4.21 Å². The van der Waals surface area contributed by atoms with Gasteiger partial charge in [-0.05, 0) is 60.4 Å². The maximum absolute atomic E-state index is 13.2. The minimum atomic E-state index is -1.42. The molecule has 2 rings (SSSR count). The molecule has 2 aromatic carbocycles. The maximum Gasteiger partial charge on any atom is 0.123 e. The van der Waals surface area contributed by atoms with Crippen LogP contribution in [-0.2, 0) is 23.6 Å². The molecule has 1 nitrogen and oxygen atoms in total. The van der Waals surface area contributed by atoms with Crippen molar-refractivity contribution in [3.8, 4) is 0 Å². The summed E-state index contributed by atoms with van der Waals surface area (Å²) in [5.74, 6) is -0.671. The van der Waals surface area contributed by atoms with Gasteiger partial charge in [0.2, 0.25) is 0 Å². The van der Waals surface area contributed by atoms with Gasteiger partial charge in [-0.1, -0.05) is 13.8 Å². The van der Waals surface area contributed by atoms with E-state index in [1.807, 2.05) is 13.8 Å². The van der Waals surface area contributed by atoms with Gasteiger partial charge in [-0.25, -0.2) is 13.0 Å². The van der Waals surface area contributed by atoms with Crippen LogP contribution >= 0.6 is 0 Å². The highest BCUT2D eigenvalue weighted by atomic mass is 32.2. The fourth-order valence-electron chi connectivity index (χ4n) is 2.13. The van der Waals surface area contributed by atoms with E-state index in [0.717, 1.165) is 11.1 Å². The van der Waals surface area contributed by atoms with Crippen molar-refractivity contribution < 1.29 is 13.0 Å². The third kappa shape index (κ3) is 2.96. The molecule has 0 saturated carbocycles. The summed E-state index contributed by atoms with van der Waals surface area (Å²) in [7, 11) is -1.42. The minimum Gasteiger partial charge on any atom is -0.249 e. The number of hydrogen-bond donors (Lipinski definition) is 0. The Labute approximate surface area is 120 Å². The first kappa shape index (κ1) is 14.9. The molecule has 0 aliphatic carbocycles. The van der Waals surface area contributed by atoms with Crippen molar-refractivity contribution in [3.05, 3.63) is 59.2 Å². The molecule has 0 saturated heterocycles. The highest BCUT2D eigenvalue weighted by molar-refractivity contribution is 7.85. The molecule has 0 atom stereocenters. The summed E-state index contributed by atoms with van der Waals surface area (Å²) >= 11 is 0. The summed E-state index contributed by atoms with van der Waals surface area (Å²) in [6.45, 7) is 3.78. The topological polar surface area (TPSA) is 17.1 Å². The first-order chi connectivity index (χ1) is 9.56. The van der Waals surface area contributed by atoms with Crippen LogP contribution in [0.2, 0.25) is 0 Å². The molecule has 106 valence electrons. The molecule has 0 bridgehead atoms. The zero-order valence-electron chi connectivity index (χ0n) is 11.5. The third-order valence-corrected chi connectivity index (χ3v) is 4.80. The molecule has 0 N–H and O–H groups in total. The van der Waals surface area contributed by atoms with Crippen molar-refractivity contribution in [1.82, 2.24) is 0 Å². The fraction of sp³-hybridized carbons (Fsp3) is 0.250. The second kappa shape index (κ2) is 6.27. The van der Waals surface area contributed by atoms with Crippen LogP contribution < -0.4 is 0 Å². The molecular weight excluding hydrogens is 278 g/mol. The van der Waals surface area contributed by atoms with Crippen molar-refractivity contribution in [2.75, 3.05) is 0 Å². The van der Waals surface area contributed by atoms with Crippen molar-refractivity contribution in [1.29, 1.82) is 0 Å². The molecule has 0 amide bonds. The van der Waals surface area contributed by atoms with Crippen molar-refractivity contribution in [2.24, 2.45) is 0 Å². The normalized spacial score (nSPS) is 11.1. The quantitative estimate of drug-likeness (QED) is 0.823. The van der Waals surface area contributed by atoms with Gasteiger partial charge < -0.3 is 0 Å². The first-order valence-electron chi connectivity index (χ1n) is 6.55. The Bertz CT molecular complexity index is 597. The molecule has 0 heterocycles. The standard InChI is InChI=1S/C16H16F2OS/c1-3-11-9-13(17)5-7-15(11)20(19)16-8-6-14(18)10-12(16)4-2/h5-10H,3-4H2,1-2H3. The smallest absolute Gasteiger partial charge is 0.123 e. The van der Waals surface area contributed by atoms with E-state index >= 15 is 0 Å². The van der Waals surface area contributed by atoms with Crippen LogP contribution in [0.3, 0.4) is 0 Å². The van der Waals surface area contributed by atoms with Gasteiger partial charge in [0.25, 0.3) is 0 Å². The van der Waals surface area contributed by atoms with Crippen LogP contribution in [0.4, 0.5) is 8.78 Å². The van der Waals surface area contributed by atoms with Gasteiger partial charge in [0.15, 0.2) is 0 Å². The minimum absolute atomic E-state index is 0.336. The highest BCUT2D eigenvalue weighted by Crippen LogP contribution is 2.25. The van der Waals surface area contributed by atoms with E-state index in [9.17, 15) is 13.0 Å². The molecule has 0 unspecified atom stereocenters. The molecule has 0 radical (unpaired) electrons. The lowest BCUT2D eigenvalue weighted by Gasteiger charge is -2.11. The molecule has 0 spiro atoms. The Morgan fingerprint density at radius 2 is 1.25 bits per heavy atom. The van der Waals surface area contributed by atoms with Crippen molar-refractivity contribution in [2.45, 2.75) is 36.5 Å². The molecule has 0 aromatic heterocycles. The lowest BCUT2D eigenvalue weighted by atomic mass is 10.1. The number of rotatable bonds is 4. The second-order valence-corrected chi connectivity index (χ2v) is 5.90. The zero-order valence-corrected chi connectivity index (χ0v) is 12.3. The van der Waals surface area contributed by atoms with Gasteiger partial charge in [-0.15, -0.1) is 0 Å². The van der Waals surface area contributed by atoms with Crippen LogP contribution in [0.25, 0.3) is 0 Å². The summed E-state index contributed by atoms with van der Waals surface area (Å²) in [6, 6.07) is 8.52. The molecule has 4 heteroatoms. The lowest BCUT2D eigenvalue weighted by molar-refractivity contribution is 0.622. The van der Waals surface area contributed by atoms with Crippen LogP contribution in [0.5, 0.6) is 0 Å². The van der Waals surface area contributed by atoms with E-state index in [0.29, 0.717) is 22.6 Å². The lowest BCUT2D eigenvalue weighted by Crippen LogP contribution is -2.02. The van der Waals surface area contributed by atoms with Crippen molar-refractivity contribution >= 4 is 10.8 Å². The summed E-state index contributed by atoms with van der Waals surface area (Å²) in [4.78, 5) is 1.19. The largest absolute Gasteiger partial charge is 0.249 e. The van der Waals surface area contributed by atoms with E-state index in [1.165, 1.54) is 24.3 Å². The average molecular weight is 294 g/mol. The maximum atomic E-state index is 13.2. The number of benzene rings is 2. The first-order valence-corrected chi connectivity index (χ1v) is 7.70. The predicted molar refractivity (Wildman–Crippen MR) is 76.2 cm³/mol. The van der Waals surface area contributed by atoms with Crippen LogP contribution in [0, 0.1) is 11.6 Å². The predicted octanol–water partition coefficient (Wildman–Crippen LogP) is 4.26. The molecule has 0 fully saturated rings. The fourth-order valence-corrected chi connectivity index (χ4v) is 3.63. The van der Waals surface area contributed by atoms with Gasteiger partial charge in [0.1, 0.15) is 11.6 Å². The van der Waals surface area contributed by atoms with Gasteiger partial charge in [-0.2, -0.15) is 0 Å². The van der Waals surface area contributed by atoms with E-state index in [-0.39, 0.29) is 11.6 Å².